The summed E-state index contributed by atoms with van der Waals surface area (Å²) in [6, 6.07) is 9.66. The lowest BCUT2D eigenvalue weighted by molar-refractivity contribution is -0.136. The maximum atomic E-state index is 10.7. The number of ether oxygens (including phenoxy) is 1. The number of carboxylic acid groups (broad SMARTS) is 1. The van der Waals surface area contributed by atoms with Gasteiger partial charge in [-0.15, -0.1) is 5.10 Å². The molecule has 0 saturated carbocycles. The van der Waals surface area contributed by atoms with Crippen molar-refractivity contribution < 1.29 is 14.6 Å². The number of carboxylic acids is 1. The largest absolute Gasteiger partial charge is 0.481 e. The molecule has 0 unspecified atom stereocenters. The van der Waals surface area contributed by atoms with E-state index in [-0.39, 0.29) is 6.42 Å². The number of hydrogen-bond donors (Lipinski definition) is 2. The van der Waals surface area contributed by atoms with Crippen molar-refractivity contribution in [3.05, 3.63) is 47.2 Å². The third kappa shape index (κ3) is 2.88. The molecule has 1 heterocycles. The lowest BCUT2D eigenvalue weighted by Gasteiger charge is -2.05. The number of H-pyrrole nitrogens is 1. The highest BCUT2D eigenvalue weighted by molar-refractivity contribution is 5.71. The Morgan fingerprint density at radius 1 is 1.39 bits per heavy atom. The molecule has 2 N–H and O–H groups in total. The average Bonchev–Trinajstić information content (AvgIpc) is 2.69. The fourth-order valence-electron chi connectivity index (χ4n) is 1.63. The first-order chi connectivity index (χ1) is 8.66. The molecule has 0 saturated heterocycles. The number of aromatic amines is 1. The summed E-state index contributed by atoms with van der Waals surface area (Å²) in [4.78, 5) is 10.7. The monoisotopic (exact) mass is 246 g/mol. The van der Waals surface area contributed by atoms with Crippen molar-refractivity contribution in [2.75, 3.05) is 0 Å². The van der Waals surface area contributed by atoms with Crippen LogP contribution in [0.1, 0.15) is 16.8 Å². The molecule has 0 atom stereocenters. The molecule has 94 valence electrons. The number of nitrogens with one attached hydrogen (secondary N) is 1. The van der Waals surface area contributed by atoms with Gasteiger partial charge in [0.1, 0.15) is 6.61 Å². The van der Waals surface area contributed by atoms with Crippen molar-refractivity contribution in [2.45, 2.75) is 20.0 Å². The van der Waals surface area contributed by atoms with E-state index >= 15 is 0 Å². The van der Waals surface area contributed by atoms with Crippen LogP contribution in [0.2, 0.25) is 0 Å². The van der Waals surface area contributed by atoms with E-state index < -0.39 is 5.97 Å². The standard InChI is InChI=1S/C13H14N2O3/c1-9-11(7-12(16)17)13(15-14-9)18-8-10-5-3-2-4-6-10/h2-6H,7-8H2,1H3,(H,14,15)(H,16,17). The molecule has 2 rings (SSSR count). The van der Waals surface area contributed by atoms with Crippen molar-refractivity contribution in [1.29, 1.82) is 0 Å². The summed E-state index contributed by atoms with van der Waals surface area (Å²) in [6.45, 7) is 2.15. The predicted molar refractivity (Wildman–Crippen MR) is 65.4 cm³/mol. The molecule has 5 heteroatoms. The summed E-state index contributed by atoms with van der Waals surface area (Å²) in [5.41, 5.74) is 2.33. The van der Waals surface area contributed by atoms with Gasteiger partial charge in [-0.05, 0) is 12.5 Å². The Morgan fingerprint density at radius 2 is 2.11 bits per heavy atom. The average molecular weight is 246 g/mol. The third-order valence-corrected chi connectivity index (χ3v) is 2.58. The molecule has 2 aromatic rings. The molecular weight excluding hydrogens is 232 g/mol. The van der Waals surface area contributed by atoms with Gasteiger partial charge in [-0.3, -0.25) is 9.89 Å². The second kappa shape index (κ2) is 5.35. The third-order valence-electron chi connectivity index (χ3n) is 2.58. The Hall–Kier alpha value is -2.30. The maximum Gasteiger partial charge on any atom is 0.308 e. The molecule has 1 aromatic carbocycles. The van der Waals surface area contributed by atoms with Crippen LogP contribution in [0.25, 0.3) is 0 Å². The molecule has 1 aromatic heterocycles. The van der Waals surface area contributed by atoms with E-state index in [0.29, 0.717) is 18.1 Å². The minimum Gasteiger partial charge on any atom is -0.481 e. The molecule has 0 amide bonds. The van der Waals surface area contributed by atoms with Crippen molar-refractivity contribution in [1.82, 2.24) is 10.2 Å². The van der Waals surface area contributed by atoms with Crippen LogP contribution in [0.5, 0.6) is 5.88 Å². The van der Waals surface area contributed by atoms with Gasteiger partial charge in [-0.1, -0.05) is 30.3 Å². The van der Waals surface area contributed by atoms with E-state index in [2.05, 4.69) is 10.2 Å². The summed E-state index contributed by atoms with van der Waals surface area (Å²) in [5.74, 6) is -0.539. The van der Waals surface area contributed by atoms with E-state index in [9.17, 15) is 4.79 Å². The Labute approximate surface area is 104 Å². The highest BCUT2D eigenvalue weighted by Crippen LogP contribution is 2.20. The first-order valence-corrected chi connectivity index (χ1v) is 5.59. The summed E-state index contributed by atoms with van der Waals surface area (Å²) in [7, 11) is 0. The molecule has 0 bridgehead atoms. The quantitative estimate of drug-likeness (QED) is 0.845. The van der Waals surface area contributed by atoms with Crippen molar-refractivity contribution in [3.63, 3.8) is 0 Å². The summed E-state index contributed by atoms with van der Waals surface area (Å²) in [6.07, 6.45) is -0.0908. The Bertz CT molecular complexity index is 534. The normalized spacial score (nSPS) is 10.3. The molecular formula is C13H14N2O3. The van der Waals surface area contributed by atoms with E-state index in [1.807, 2.05) is 30.3 Å². The predicted octanol–water partition coefficient (Wildman–Crippen LogP) is 1.92. The fourth-order valence-corrected chi connectivity index (χ4v) is 1.63. The first-order valence-electron chi connectivity index (χ1n) is 5.59. The lowest BCUT2D eigenvalue weighted by Crippen LogP contribution is -2.04. The number of aliphatic carboxylic acids is 1. The van der Waals surface area contributed by atoms with Crippen LogP contribution in [0.3, 0.4) is 0 Å². The number of nitrogens with zero attached hydrogens (tertiary/aromatic N) is 1. The second-order valence-corrected chi connectivity index (χ2v) is 3.98. The van der Waals surface area contributed by atoms with Crippen molar-refractivity contribution in [3.8, 4) is 5.88 Å². The zero-order valence-corrected chi connectivity index (χ0v) is 10.0. The molecule has 18 heavy (non-hydrogen) atoms. The van der Waals surface area contributed by atoms with E-state index in [1.54, 1.807) is 6.92 Å². The van der Waals surface area contributed by atoms with E-state index in [1.165, 1.54) is 0 Å². The minimum atomic E-state index is -0.899. The summed E-state index contributed by atoms with van der Waals surface area (Å²) < 4.78 is 5.54. The SMILES string of the molecule is Cc1[nH]nc(OCc2ccccc2)c1CC(=O)O. The Kier molecular flexibility index (Phi) is 3.62. The van der Waals surface area contributed by atoms with Crippen LogP contribution in [-0.4, -0.2) is 21.3 Å². The Morgan fingerprint density at radius 3 is 2.78 bits per heavy atom. The van der Waals surface area contributed by atoms with Crippen LogP contribution >= 0.6 is 0 Å². The highest BCUT2D eigenvalue weighted by Gasteiger charge is 2.14. The van der Waals surface area contributed by atoms with Crippen LogP contribution in [0.15, 0.2) is 30.3 Å². The van der Waals surface area contributed by atoms with Gasteiger partial charge in [-0.25, -0.2) is 0 Å². The molecule has 0 fully saturated rings. The topological polar surface area (TPSA) is 75.2 Å². The van der Waals surface area contributed by atoms with Crippen molar-refractivity contribution in [2.24, 2.45) is 0 Å². The number of carbonyl (C=O) groups is 1. The number of benzene rings is 1. The van der Waals surface area contributed by atoms with Gasteiger partial charge < -0.3 is 9.84 Å². The zero-order chi connectivity index (χ0) is 13.0. The maximum absolute atomic E-state index is 10.7. The van der Waals surface area contributed by atoms with Gasteiger partial charge in [0, 0.05) is 11.3 Å². The fraction of sp³-hybridized carbons (Fsp3) is 0.231. The number of aromatic nitrogens is 2. The molecule has 0 radical (unpaired) electrons. The molecule has 0 aliphatic heterocycles. The number of aryl methyl sites for hydroxylation is 1. The summed E-state index contributed by atoms with van der Waals surface area (Å²) in [5, 5.41) is 15.5. The summed E-state index contributed by atoms with van der Waals surface area (Å²) >= 11 is 0. The van der Waals surface area contributed by atoms with Gasteiger partial charge in [-0.2, -0.15) is 0 Å². The van der Waals surface area contributed by atoms with Gasteiger partial charge in [0.15, 0.2) is 0 Å². The number of hydrogen-bond acceptors (Lipinski definition) is 3. The van der Waals surface area contributed by atoms with Gasteiger partial charge in [0.05, 0.1) is 6.42 Å². The van der Waals surface area contributed by atoms with Crippen LogP contribution in [0.4, 0.5) is 0 Å². The second-order valence-electron chi connectivity index (χ2n) is 3.98. The Balaban J connectivity index is 2.08. The molecule has 0 aliphatic rings. The van der Waals surface area contributed by atoms with Crippen LogP contribution in [-0.2, 0) is 17.8 Å². The zero-order valence-electron chi connectivity index (χ0n) is 10.0. The van der Waals surface area contributed by atoms with Crippen LogP contribution in [0, 0.1) is 6.92 Å². The lowest BCUT2D eigenvalue weighted by atomic mass is 10.2. The smallest absolute Gasteiger partial charge is 0.308 e. The number of rotatable bonds is 5. The van der Waals surface area contributed by atoms with Crippen LogP contribution < -0.4 is 4.74 Å². The van der Waals surface area contributed by atoms with Gasteiger partial charge in [0.2, 0.25) is 5.88 Å². The van der Waals surface area contributed by atoms with E-state index in [0.717, 1.165) is 11.3 Å². The van der Waals surface area contributed by atoms with Crippen molar-refractivity contribution >= 4 is 5.97 Å². The van der Waals surface area contributed by atoms with Gasteiger partial charge >= 0.3 is 5.97 Å². The van der Waals surface area contributed by atoms with Gasteiger partial charge in [0.25, 0.3) is 0 Å². The van der Waals surface area contributed by atoms with E-state index in [4.69, 9.17) is 9.84 Å². The molecule has 0 aliphatic carbocycles. The minimum absolute atomic E-state index is 0.0908. The molecule has 5 nitrogen and oxygen atoms in total. The highest BCUT2D eigenvalue weighted by atomic mass is 16.5. The molecule has 0 spiro atoms. The first kappa shape index (κ1) is 12.2.